The van der Waals surface area contributed by atoms with E-state index in [1.165, 1.54) is 41.4 Å². The Balaban J connectivity index is 1.28. The molecule has 2 heterocycles. The van der Waals surface area contributed by atoms with Crippen LogP contribution in [0.5, 0.6) is 0 Å². The highest BCUT2D eigenvalue weighted by atomic mass is 35.5. The van der Waals surface area contributed by atoms with Crippen molar-refractivity contribution in [2.45, 2.75) is 44.7 Å². The van der Waals surface area contributed by atoms with E-state index >= 15 is 0 Å². The summed E-state index contributed by atoms with van der Waals surface area (Å²) in [5.74, 6) is 0.530. The third-order valence-electron chi connectivity index (χ3n) is 6.71. The summed E-state index contributed by atoms with van der Waals surface area (Å²) < 4.78 is 0. The number of hydrogen-bond acceptors (Lipinski definition) is 5. The maximum Gasteiger partial charge on any atom is 0.180 e. The number of fused-ring (bicyclic) bond motifs is 1. The minimum absolute atomic E-state index is 0.530. The highest BCUT2D eigenvalue weighted by Gasteiger charge is 2.28. The van der Waals surface area contributed by atoms with Crippen LogP contribution in [0.4, 0.5) is 5.82 Å². The summed E-state index contributed by atoms with van der Waals surface area (Å²) in [6.07, 6.45) is 9.40. The van der Waals surface area contributed by atoms with Crippen molar-refractivity contribution in [3.8, 4) is 11.1 Å². The molecule has 1 fully saturated rings. The Morgan fingerprint density at radius 2 is 1.78 bits per heavy atom. The molecule has 3 aromatic rings. The molecular formula is C26H26ClN5. The number of hydrogen-bond donors (Lipinski definition) is 1. The molecule has 1 aliphatic heterocycles. The van der Waals surface area contributed by atoms with Crippen LogP contribution in [0.3, 0.4) is 0 Å². The van der Waals surface area contributed by atoms with Gasteiger partial charge in [0.05, 0.1) is 5.69 Å². The average molecular weight is 444 g/mol. The summed E-state index contributed by atoms with van der Waals surface area (Å²) in [5, 5.41) is 4.33. The van der Waals surface area contributed by atoms with Gasteiger partial charge in [-0.15, -0.1) is 5.11 Å². The zero-order valence-corrected chi connectivity index (χ0v) is 18.7. The lowest BCUT2D eigenvalue weighted by molar-refractivity contribution is 0.149. The summed E-state index contributed by atoms with van der Waals surface area (Å²) in [6.45, 7) is 1.83. The smallest absolute Gasteiger partial charge is 0.180 e. The Bertz CT molecular complexity index is 1150. The molecule has 2 aromatic carbocycles. The molecule has 0 bridgehead atoms. The summed E-state index contributed by atoms with van der Waals surface area (Å²) in [4.78, 5) is 11.2. The number of nitrogens with one attached hydrogen (secondary N) is 1. The molecule has 0 saturated heterocycles. The lowest BCUT2D eigenvalue weighted by atomic mass is 9.87. The zero-order valence-electron chi connectivity index (χ0n) is 18.0. The molecule has 5 rings (SSSR count). The van der Waals surface area contributed by atoms with Gasteiger partial charge in [-0.25, -0.2) is 15.5 Å². The number of halogens is 1. The monoisotopic (exact) mass is 443 g/mol. The number of nitrogens with zero attached hydrogens (tertiary/aromatic N) is 4. The first-order valence-electron chi connectivity index (χ1n) is 11.2. The van der Waals surface area contributed by atoms with Crippen LogP contribution in [0.1, 0.15) is 42.5 Å². The van der Waals surface area contributed by atoms with Crippen molar-refractivity contribution in [3.05, 3.63) is 82.3 Å². The van der Waals surface area contributed by atoms with Crippen LogP contribution in [0.15, 0.2) is 65.5 Å². The van der Waals surface area contributed by atoms with Crippen molar-refractivity contribution in [1.82, 2.24) is 14.9 Å². The van der Waals surface area contributed by atoms with Crippen LogP contribution >= 0.6 is 11.6 Å². The average Bonchev–Trinajstić information content (AvgIpc) is 2.85. The van der Waals surface area contributed by atoms with E-state index in [2.05, 4.69) is 62.5 Å². The van der Waals surface area contributed by atoms with Gasteiger partial charge in [0.25, 0.3) is 0 Å². The molecule has 6 heteroatoms. The Morgan fingerprint density at radius 1 is 1.00 bits per heavy atom. The number of rotatable bonds is 4. The standard InChI is InChI=1S/C26H26ClN5/c27-21-9-7-19(8-10-21)23-4-2-1-3-20(23)15-18-5-11-22(12-6-18)32-14-13-24-25(16-32)29-17-30-26(24)31-28/h1-4,7-10,15,17,22,28H,5-6,11-14,16H2. The first kappa shape index (κ1) is 21.0. The third kappa shape index (κ3) is 4.36. The van der Waals surface area contributed by atoms with Gasteiger partial charge in [0.15, 0.2) is 5.82 Å². The molecule has 5 nitrogen and oxygen atoms in total. The summed E-state index contributed by atoms with van der Waals surface area (Å²) in [5.41, 5.74) is 14.7. The minimum atomic E-state index is 0.530. The molecule has 1 N–H and O–H groups in total. The predicted molar refractivity (Wildman–Crippen MR) is 128 cm³/mol. The fourth-order valence-corrected chi connectivity index (χ4v) is 5.11. The lowest BCUT2D eigenvalue weighted by Gasteiger charge is -2.37. The molecule has 1 saturated carbocycles. The van der Waals surface area contributed by atoms with Gasteiger partial charge < -0.3 is 0 Å². The molecule has 2 aliphatic rings. The van der Waals surface area contributed by atoms with E-state index in [9.17, 15) is 0 Å². The SMILES string of the molecule is N=Nc1ncnc2c1CCN(C1CCC(=Cc3ccccc3-c3ccc(Cl)cc3)CC1)C2. The van der Waals surface area contributed by atoms with Crippen molar-refractivity contribution in [3.63, 3.8) is 0 Å². The molecule has 1 aromatic heterocycles. The quantitative estimate of drug-likeness (QED) is 0.448. The first-order valence-corrected chi connectivity index (χ1v) is 11.6. The fraction of sp³-hybridized carbons (Fsp3) is 0.308. The minimum Gasteiger partial charge on any atom is -0.294 e. The van der Waals surface area contributed by atoms with E-state index in [1.54, 1.807) is 0 Å². The lowest BCUT2D eigenvalue weighted by Crippen LogP contribution is -2.41. The summed E-state index contributed by atoms with van der Waals surface area (Å²) >= 11 is 6.08. The fourth-order valence-electron chi connectivity index (χ4n) is 4.98. The topological polar surface area (TPSA) is 65.2 Å². The Hall–Kier alpha value is -2.89. The molecule has 0 radical (unpaired) electrons. The molecule has 0 amide bonds. The van der Waals surface area contributed by atoms with E-state index in [4.69, 9.17) is 17.1 Å². The summed E-state index contributed by atoms with van der Waals surface area (Å²) in [7, 11) is 0. The Kier molecular flexibility index (Phi) is 6.10. The van der Waals surface area contributed by atoms with Gasteiger partial charge in [-0.05, 0) is 60.9 Å². The van der Waals surface area contributed by atoms with Crippen LogP contribution in [-0.2, 0) is 13.0 Å². The molecule has 1 aliphatic carbocycles. The van der Waals surface area contributed by atoms with Crippen molar-refractivity contribution in [2.24, 2.45) is 5.11 Å². The van der Waals surface area contributed by atoms with Crippen molar-refractivity contribution in [2.75, 3.05) is 6.54 Å². The van der Waals surface area contributed by atoms with Gasteiger partial charge in [-0.2, -0.15) is 0 Å². The van der Waals surface area contributed by atoms with E-state index in [-0.39, 0.29) is 0 Å². The predicted octanol–water partition coefficient (Wildman–Crippen LogP) is 6.84. The van der Waals surface area contributed by atoms with Gasteiger partial charge in [0.1, 0.15) is 6.33 Å². The second kappa shape index (κ2) is 9.31. The third-order valence-corrected chi connectivity index (χ3v) is 6.96. The van der Waals surface area contributed by atoms with Crippen LogP contribution in [0.25, 0.3) is 17.2 Å². The molecule has 0 spiro atoms. The largest absolute Gasteiger partial charge is 0.294 e. The molecule has 32 heavy (non-hydrogen) atoms. The normalized spacial score (nSPS) is 18.8. The van der Waals surface area contributed by atoms with Crippen LogP contribution in [-0.4, -0.2) is 27.5 Å². The van der Waals surface area contributed by atoms with Crippen molar-refractivity contribution < 1.29 is 0 Å². The van der Waals surface area contributed by atoms with E-state index in [0.29, 0.717) is 11.9 Å². The Labute approximate surface area is 193 Å². The Morgan fingerprint density at radius 3 is 2.56 bits per heavy atom. The van der Waals surface area contributed by atoms with Crippen molar-refractivity contribution in [1.29, 1.82) is 5.53 Å². The number of benzene rings is 2. The highest BCUT2D eigenvalue weighted by molar-refractivity contribution is 6.30. The number of allylic oxidation sites excluding steroid dienone is 1. The second-order valence-electron chi connectivity index (χ2n) is 8.58. The zero-order chi connectivity index (χ0) is 21.9. The van der Waals surface area contributed by atoms with Gasteiger partial charge in [-0.1, -0.05) is 59.6 Å². The van der Waals surface area contributed by atoms with Crippen LogP contribution < -0.4 is 0 Å². The number of aromatic nitrogens is 2. The maximum absolute atomic E-state index is 7.33. The molecular weight excluding hydrogens is 418 g/mol. The van der Waals surface area contributed by atoms with Crippen molar-refractivity contribution >= 4 is 23.5 Å². The highest BCUT2D eigenvalue weighted by Crippen LogP contribution is 2.34. The van der Waals surface area contributed by atoms with Crippen LogP contribution in [0, 0.1) is 5.53 Å². The second-order valence-corrected chi connectivity index (χ2v) is 9.02. The van der Waals surface area contributed by atoms with E-state index in [1.807, 2.05) is 12.1 Å². The van der Waals surface area contributed by atoms with E-state index < -0.39 is 0 Å². The van der Waals surface area contributed by atoms with Gasteiger partial charge in [0, 0.05) is 29.7 Å². The maximum atomic E-state index is 7.33. The van der Waals surface area contributed by atoms with Gasteiger partial charge in [-0.3, -0.25) is 4.90 Å². The van der Waals surface area contributed by atoms with E-state index in [0.717, 1.165) is 48.6 Å². The molecule has 0 unspecified atom stereocenters. The van der Waals surface area contributed by atoms with Crippen LogP contribution in [0.2, 0.25) is 5.02 Å². The van der Waals surface area contributed by atoms with Gasteiger partial charge >= 0.3 is 0 Å². The first-order chi connectivity index (χ1) is 15.7. The summed E-state index contributed by atoms with van der Waals surface area (Å²) in [6, 6.07) is 17.3. The molecule has 162 valence electrons. The molecule has 0 atom stereocenters. The van der Waals surface area contributed by atoms with Gasteiger partial charge in [0.2, 0.25) is 0 Å².